The summed E-state index contributed by atoms with van der Waals surface area (Å²) in [4.78, 5) is 17.9. The van der Waals surface area contributed by atoms with Crippen LogP contribution in [0.2, 0.25) is 5.02 Å². The Balaban J connectivity index is 2.19. The highest BCUT2D eigenvalue weighted by molar-refractivity contribution is 6.31. The average Bonchev–Trinajstić information content (AvgIpc) is 2.48. The van der Waals surface area contributed by atoms with Gasteiger partial charge in [0, 0.05) is 31.0 Å². The number of nitrogens with zero attached hydrogens (tertiary/aromatic N) is 2. The van der Waals surface area contributed by atoms with E-state index in [2.05, 4.69) is 10.4 Å². The van der Waals surface area contributed by atoms with Crippen LogP contribution in [0.5, 0.6) is 0 Å². The molecule has 2 aromatic rings. The van der Waals surface area contributed by atoms with Gasteiger partial charge in [-0.15, -0.1) is 0 Å². The van der Waals surface area contributed by atoms with Gasteiger partial charge in [0.1, 0.15) is 0 Å². The topological polar surface area (TPSA) is 71.2 Å². The van der Waals surface area contributed by atoms with Crippen molar-refractivity contribution >= 4 is 23.2 Å². The van der Waals surface area contributed by atoms with E-state index in [0.29, 0.717) is 22.8 Å². The second kappa shape index (κ2) is 6.36. The van der Waals surface area contributed by atoms with Gasteiger partial charge in [-0.3, -0.25) is 15.6 Å². The second-order valence-corrected chi connectivity index (χ2v) is 4.73. The first kappa shape index (κ1) is 14.3. The molecule has 104 valence electrons. The summed E-state index contributed by atoms with van der Waals surface area (Å²) in [6.07, 6.45) is 3.06. The summed E-state index contributed by atoms with van der Waals surface area (Å²) in [5.74, 6) is 5.22. The third-order valence-corrected chi connectivity index (χ3v) is 3.29. The maximum absolute atomic E-state index is 12.4. The van der Waals surface area contributed by atoms with Crippen LogP contribution >= 0.6 is 11.6 Å². The van der Waals surface area contributed by atoms with Crippen molar-refractivity contribution in [3.05, 3.63) is 58.9 Å². The molecule has 0 aliphatic rings. The monoisotopic (exact) mass is 290 g/mol. The number of amides is 1. The standard InChI is InChI=1S/C14H15ClN4O/c1-19(9-10-4-2-3-5-12(10)15)14(20)11-8-17-7-6-13(11)18-16/h2-8H,9,16H2,1H3,(H,17,18). The zero-order valence-corrected chi connectivity index (χ0v) is 11.8. The van der Waals surface area contributed by atoms with Crippen molar-refractivity contribution in [2.24, 2.45) is 5.84 Å². The van der Waals surface area contributed by atoms with Crippen LogP contribution in [0.4, 0.5) is 5.69 Å². The van der Waals surface area contributed by atoms with Crippen molar-refractivity contribution < 1.29 is 4.79 Å². The van der Waals surface area contributed by atoms with E-state index in [1.807, 2.05) is 18.2 Å². The number of pyridine rings is 1. The first-order valence-electron chi connectivity index (χ1n) is 6.03. The van der Waals surface area contributed by atoms with E-state index < -0.39 is 0 Å². The molecule has 0 atom stereocenters. The Morgan fingerprint density at radius 1 is 1.40 bits per heavy atom. The molecule has 5 nitrogen and oxygen atoms in total. The van der Waals surface area contributed by atoms with E-state index in [-0.39, 0.29) is 5.91 Å². The summed E-state index contributed by atoms with van der Waals surface area (Å²) < 4.78 is 0. The number of nitrogen functional groups attached to an aromatic ring is 1. The predicted octanol–water partition coefficient (Wildman–Crippen LogP) is 2.29. The van der Waals surface area contributed by atoms with Crippen LogP contribution in [-0.2, 0) is 6.54 Å². The van der Waals surface area contributed by atoms with Crippen LogP contribution < -0.4 is 11.3 Å². The molecule has 0 saturated heterocycles. The molecule has 6 heteroatoms. The Morgan fingerprint density at radius 2 is 2.15 bits per heavy atom. The molecule has 0 bridgehead atoms. The lowest BCUT2D eigenvalue weighted by molar-refractivity contribution is 0.0785. The number of carbonyl (C=O) groups excluding carboxylic acids is 1. The molecule has 3 N–H and O–H groups in total. The van der Waals surface area contributed by atoms with Crippen LogP contribution in [-0.4, -0.2) is 22.8 Å². The largest absolute Gasteiger partial charge is 0.337 e. The molecule has 1 aromatic heterocycles. The minimum atomic E-state index is -0.175. The normalized spacial score (nSPS) is 10.2. The Kier molecular flexibility index (Phi) is 4.55. The summed E-state index contributed by atoms with van der Waals surface area (Å²) in [7, 11) is 1.71. The Labute approximate surface area is 122 Å². The van der Waals surface area contributed by atoms with Crippen LogP contribution in [0, 0.1) is 0 Å². The molecule has 0 saturated carbocycles. The molecule has 0 aliphatic carbocycles. The zero-order chi connectivity index (χ0) is 14.5. The van der Waals surface area contributed by atoms with E-state index in [9.17, 15) is 4.79 Å². The minimum Gasteiger partial charge on any atom is -0.337 e. The highest BCUT2D eigenvalue weighted by atomic mass is 35.5. The maximum Gasteiger partial charge on any atom is 0.257 e. The minimum absolute atomic E-state index is 0.175. The average molecular weight is 291 g/mol. The SMILES string of the molecule is CN(Cc1ccccc1Cl)C(=O)c1cnccc1NN. The summed E-state index contributed by atoms with van der Waals surface area (Å²) in [6.45, 7) is 0.414. The fourth-order valence-electron chi connectivity index (χ4n) is 1.85. The quantitative estimate of drug-likeness (QED) is 0.669. The van der Waals surface area contributed by atoms with Gasteiger partial charge in [0.05, 0.1) is 11.3 Å². The van der Waals surface area contributed by atoms with Gasteiger partial charge in [0.25, 0.3) is 5.91 Å². The first-order valence-corrected chi connectivity index (χ1v) is 6.40. The Morgan fingerprint density at radius 3 is 2.85 bits per heavy atom. The lowest BCUT2D eigenvalue weighted by atomic mass is 10.1. The maximum atomic E-state index is 12.4. The van der Waals surface area contributed by atoms with Crippen molar-refractivity contribution in [1.29, 1.82) is 0 Å². The van der Waals surface area contributed by atoms with E-state index in [1.54, 1.807) is 30.3 Å². The van der Waals surface area contributed by atoms with Crippen molar-refractivity contribution in [3.8, 4) is 0 Å². The van der Waals surface area contributed by atoms with Gasteiger partial charge >= 0.3 is 0 Å². The van der Waals surface area contributed by atoms with E-state index in [0.717, 1.165) is 5.56 Å². The molecular formula is C14H15ClN4O. The summed E-state index contributed by atoms with van der Waals surface area (Å²) in [5, 5.41) is 0.635. The molecule has 1 heterocycles. The smallest absolute Gasteiger partial charge is 0.257 e. The van der Waals surface area contributed by atoms with Gasteiger partial charge in [0.15, 0.2) is 0 Å². The first-order chi connectivity index (χ1) is 9.63. The van der Waals surface area contributed by atoms with Gasteiger partial charge in [0.2, 0.25) is 0 Å². The van der Waals surface area contributed by atoms with Crippen molar-refractivity contribution in [2.75, 3.05) is 12.5 Å². The second-order valence-electron chi connectivity index (χ2n) is 4.32. The summed E-state index contributed by atoms with van der Waals surface area (Å²) in [5.41, 5.74) is 4.34. The van der Waals surface area contributed by atoms with Gasteiger partial charge < -0.3 is 10.3 Å². The number of carbonyl (C=O) groups is 1. The molecule has 20 heavy (non-hydrogen) atoms. The summed E-state index contributed by atoms with van der Waals surface area (Å²) >= 11 is 6.09. The number of hydrogen-bond donors (Lipinski definition) is 2. The lowest BCUT2D eigenvalue weighted by Gasteiger charge is -2.19. The number of benzene rings is 1. The van der Waals surface area contributed by atoms with Crippen LogP contribution in [0.1, 0.15) is 15.9 Å². The molecule has 2 rings (SSSR count). The number of nitrogens with two attached hydrogens (primary N) is 1. The highest BCUT2D eigenvalue weighted by Crippen LogP contribution is 2.19. The fourth-order valence-corrected chi connectivity index (χ4v) is 2.05. The number of anilines is 1. The molecule has 1 aromatic carbocycles. The van der Waals surface area contributed by atoms with E-state index in [4.69, 9.17) is 17.4 Å². The number of rotatable bonds is 4. The number of halogens is 1. The number of aromatic nitrogens is 1. The van der Waals surface area contributed by atoms with Crippen LogP contribution in [0.3, 0.4) is 0 Å². The fraction of sp³-hybridized carbons (Fsp3) is 0.143. The zero-order valence-electron chi connectivity index (χ0n) is 11.0. The number of hydrazine groups is 1. The summed E-state index contributed by atoms with van der Waals surface area (Å²) in [6, 6.07) is 9.07. The highest BCUT2D eigenvalue weighted by Gasteiger charge is 2.16. The van der Waals surface area contributed by atoms with Gasteiger partial charge in [-0.25, -0.2) is 0 Å². The van der Waals surface area contributed by atoms with Crippen LogP contribution in [0.25, 0.3) is 0 Å². The van der Waals surface area contributed by atoms with E-state index in [1.165, 1.54) is 6.20 Å². The Hall–Kier alpha value is -2.11. The van der Waals surface area contributed by atoms with Crippen molar-refractivity contribution in [1.82, 2.24) is 9.88 Å². The molecule has 0 radical (unpaired) electrons. The molecular weight excluding hydrogens is 276 g/mol. The van der Waals surface area contributed by atoms with Crippen molar-refractivity contribution in [3.63, 3.8) is 0 Å². The van der Waals surface area contributed by atoms with Crippen LogP contribution in [0.15, 0.2) is 42.7 Å². The molecule has 1 amide bonds. The number of nitrogens with one attached hydrogen (secondary N) is 1. The van der Waals surface area contributed by atoms with Gasteiger partial charge in [-0.1, -0.05) is 29.8 Å². The predicted molar refractivity (Wildman–Crippen MR) is 79.3 cm³/mol. The third-order valence-electron chi connectivity index (χ3n) is 2.92. The molecule has 0 fully saturated rings. The van der Waals surface area contributed by atoms with E-state index >= 15 is 0 Å². The molecule has 0 spiro atoms. The molecule has 0 aliphatic heterocycles. The Bertz CT molecular complexity index is 618. The third kappa shape index (κ3) is 3.07. The number of hydrogen-bond acceptors (Lipinski definition) is 4. The van der Waals surface area contributed by atoms with Gasteiger partial charge in [-0.05, 0) is 17.7 Å². The van der Waals surface area contributed by atoms with Crippen molar-refractivity contribution in [2.45, 2.75) is 6.54 Å². The molecule has 0 unspecified atom stereocenters. The lowest BCUT2D eigenvalue weighted by Crippen LogP contribution is -2.27. The van der Waals surface area contributed by atoms with Gasteiger partial charge in [-0.2, -0.15) is 0 Å².